The van der Waals surface area contributed by atoms with Crippen LogP contribution in [0.25, 0.3) is 11.1 Å². The zero-order valence-electron chi connectivity index (χ0n) is 12.0. The van der Waals surface area contributed by atoms with Crippen molar-refractivity contribution < 1.29 is 23.4 Å². The van der Waals surface area contributed by atoms with Crippen molar-refractivity contribution in [2.24, 2.45) is 0 Å². The van der Waals surface area contributed by atoms with Gasteiger partial charge in [-0.3, -0.25) is 4.79 Å². The number of carbonyl (C=O) groups excluding carboxylic acids is 1. The van der Waals surface area contributed by atoms with Gasteiger partial charge in [-0.05, 0) is 30.3 Å². The Bertz CT molecular complexity index is 668. The second kappa shape index (κ2) is 6.26. The molecule has 2 aromatic carbocycles. The Morgan fingerprint density at radius 3 is 2.19 bits per heavy atom. The number of carbonyl (C=O) groups is 1. The number of methoxy groups -OCH3 is 3. The molecule has 5 heteroatoms. The first-order valence-corrected chi connectivity index (χ1v) is 6.20. The maximum Gasteiger partial charge on any atom is 0.203 e. The topological polar surface area (TPSA) is 44.8 Å². The summed E-state index contributed by atoms with van der Waals surface area (Å²) in [6.45, 7) is 0. The summed E-state index contributed by atoms with van der Waals surface area (Å²) in [6.07, 6.45) is 0.663. The average Bonchev–Trinajstić information content (AvgIpc) is 2.53. The van der Waals surface area contributed by atoms with Gasteiger partial charge in [0, 0.05) is 16.7 Å². The first-order valence-electron chi connectivity index (χ1n) is 6.20. The molecule has 0 fully saturated rings. The molecule has 110 valence electrons. The van der Waals surface area contributed by atoms with Gasteiger partial charge in [0.1, 0.15) is 12.1 Å². The van der Waals surface area contributed by atoms with Crippen LogP contribution >= 0.6 is 0 Å². The Hall–Kier alpha value is -2.56. The van der Waals surface area contributed by atoms with Crippen LogP contribution in [0, 0.1) is 5.82 Å². The fourth-order valence-electron chi connectivity index (χ4n) is 2.14. The fourth-order valence-corrected chi connectivity index (χ4v) is 2.14. The van der Waals surface area contributed by atoms with Crippen LogP contribution in [0.3, 0.4) is 0 Å². The van der Waals surface area contributed by atoms with Crippen molar-refractivity contribution in [1.29, 1.82) is 0 Å². The Morgan fingerprint density at radius 2 is 1.62 bits per heavy atom. The van der Waals surface area contributed by atoms with Crippen LogP contribution in [0.4, 0.5) is 4.39 Å². The summed E-state index contributed by atoms with van der Waals surface area (Å²) in [5.74, 6) is 0.739. The smallest absolute Gasteiger partial charge is 0.203 e. The third-order valence-corrected chi connectivity index (χ3v) is 3.12. The van der Waals surface area contributed by atoms with E-state index in [1.165, 1.54) is 39.5 Å². The summed E-state index contributed by atoms with van der Waals surface area (Å²) in [7, 11) is 4.44. The van der Waals surface area contributed by atoms with Crippen molar-refractivity contribution in [3.05, 3.63) is 41.7 Å². The quantitative estimate of drug-likeness (QED) is 0.792. The number of ether oxygens (including phenoxy) is 3. The Labute approximate surface area is 122 Å². The van der Waals surface area contributed by atoms with E-state index in [9.17, 15) is 9.18 Å². The fraction of sp³-hybridized carbons (Fsp3) is 0.188. The molecule has 0 spiro atoms. The number of hydrogen-bond acceptors (Lipinski definition) is 4. The molecule has 0 saturated carbocycles. The van der Waals surface area contributed by atoms with Gasteiger partial charge in [-0.25, -0.2) is 4.39 Å². The molecule has 4 nitrogen and oxygen atoms in total. The molecule has 0 aliphatic carbocycles. The Morgan fingerprint density at radius 1 is 0.905 bits per heavy atom. The summed E-state index contributed by atoms with van der Waals surface area (Å²) in [6, 6.07) is 7.44. The van der Waals surface area contributed by atoms with Crippen LogP contribution in [0.15, 0.2) is 30.3 Å². The Kier molecular flexibility index (Phi) is 4.42. The second-order valence-corrected chi connectivity index (χ2v) is 4.24. The molecule has 0 atom stereocenters. The summed E-state index contributed by atoms with van der Waals surface area (Å²) >= 11 is 0. The van der Waals surface area contributed by atoms with Crippen LogP contribution in [-0.4, -0.2) is 27.6 Å². The lowest BCUT2D eigenvalue weighted by molar-refractivity contribution is 0.112. The van der Waals surface area contributed by atoms with Gasteiger partial charge in [0.05, 0.1) is 21.3 Å². The van der Waals surface area contributed by atoms with Crippen molar-refractivity contribution in [2.45, 2.75) is 0 Å². The molecule has 0 aliphatic heterocycles. The van der Waals surface area contributed by atoms with Gasteiger partial charge in [-0.1, -0.05) is 0 Å². The minimum absolute atomic E-state index is 0.261. The lowest BCUT2D eigenvalue weighted by Crippen LogP contribution is -1.98. The molecule has 2 aromatic rings. The van der Waals surface area contributed by atoms with E-state index in [2.05, 4.69) is 0 Å². The van der Waals surface area contributed by atoms with Gasteiger partial charge in [0.2, 0.25) is 5.75 Å². The van der Waals surface area contributed by atoms with Crippen LogP contribution in [-0.2, 0) is 0 Å². The standard InChI is InChI=1S/C16H15FO4/c1-19-14-7-5-11(15(20-2)16(14)21-3)12-8-10(9-18)4-6-13(12)17/h4-9H,1-3H3. The number of hydrogen-bond donors (Lipinski definition) is 0. The van der Waals surface area contributed by atoms with E-state index in [0.29, 0.717) is 34.7 Å². The zero-order chi connectivity index (χ0) is 15.4. The van der Waals surface area contributed by atoms with Crippen LogP contribution in [0.5, 0.6) is 17.2 Å². The molecule has 0 aromatic heterocycles. The molecular weight excluding hydrogens is 275 g/mol. The molecule has 0 aliphatic rings. The van der Waals surface area contributed by atoms with E-state index in [1.807, 2.05) is 0 Å². The number of aldehydes is 1. The van der Waals surface area contributed by atoms with E-state index in [1.54, 1.807) is 12.1 Å². The van der Waals surface area contributed by atoms with Crippen LogP contribution < -0.4 is 14.2 Å². The van der Waals surface area contributed by atoms with Crippen molar-refractivity contribution in [1.82, 2.24) is 0 Å². The molecule has 2 rings (SSSR count). The van der Waals surface area contributed by atoms with Crippen molar-refractivity contribution in [3.8, 4) is 28.4 Å². The molecule has 21 heavy (non-hydrogen) atoms. The maximum atomic E-state index is 14.1. The highest BCUT2D eigenvalue weighted by molar-refractivity contribution is 5.82. The molecule has 0 N–H and O–H groups in total. The van der Waals surface area contributed by atoms with Crippen molar-refractivity contribution in [3.63, 3.8) is 0 Å². The summed E-state index contributed by atoms with van der Waals surface area (Å²) in [5, 5.41) is 0. The average molecular weight is 290 g/mol. The normalized spacial score (nSPS) is 10.1. The molecule has 0 radical (unpaired) electrons. The van der Waals surface area contributed by atoms with Gasteiger partial charge in [-0.2, -0.15) is 0 Å². The zero-order valence-corrected chi connectivity index (χ0v) is 12.0. The number of rotatable bonds is 5. The van der Waals surface area contributed by atoms with Gasteiger partial charge in [0.15, 0.2) is 11.5 Å². The van der Waals surface area contributed by atoms with Crippen molar-refractivity contribution in [2.75, 3.05) is 21.3 Å². The molecule has 0 heterocycles. The van der Waals surface area contributed by atoms with E-state index in [0.717, 1.165) is 0 Å². The summed E-state index contributed by atoms with van der Waals surface area (Å²) in [4.78, 5) is 10.9. The van der Waals surface area contributed by atoms with Gasteiger partial charge in [-0.15, -0.1) is 0 Å². The second-order valence-electron chi connectivity index (χ2n) is 4.24. The highest BCUT2D eigenvalue weighted by Crippen LogP contribution is 2.44. The van der Waals surface area contributed by atoms with Crippen LogP contribution in [0.1, 0.15) is 10.4 Å². The summed E-state index contributed by atoms with van der Waals surface area (Å²) in [5.41, 5.74) is 1.12. The van der Waals surface area contributed by atoms with Gasteiger partial charge >= 0.3 is 0 Å². The SMILES string of the molecule is COc1ccc(-c2cc(C=O)ccc2F)c(OC)c1OC. The Balaban J connectivity index is 2.72. The molecular formula is C16H15FO4. The van der Waals surface area contributed by atoms with Gasteiger partial charge in [0.25, 0.3) is 0 Å². The lowest BCUT2D eigenvalue weighted by Gasteiger charge is -2.16. The largest absolute Gasteiger partial charge is 0.493 e. The molecule has 0 bridgehead atoms. The maximum absolute atomic E-state index is 14.1. The molecule has 0 unspecified atom stereocenters. The van der Waals surface area contributed by atoms with E-state index in [-0.39, 0.29) is 5.56 Å². The third kappa shape index (κ3) is 2.67. The van der Waals surface area contributed by atoms with E-state index >= 15 is 0 Å². The van der Waals surface area contributed by atoms with Crippen LogP contribution in [0.2, 0.25) is 0 Å². The molecule has 0 amide bonds. The number of benzene rings is 2. The summed E-state index contributed by atoms with van der Waals surface area (Å²) < 4.78 is 29.9. The van der Waals surface area contributed by atoms with E-state index < -0.39 is 5.82 Å². The lowest BCUT2D eigenvalue weighted by atomic mass is 10.0. The number of halogens is 1. The van der Waals surface area contributed by atoms with Crippen molar-refractivity contribution >= 4 is 6.29 Å². The minimum Gasteiger partial charge on any atom is -0.493 e. The first-order chi connectivity index (χ1) is 10.2. The third-order valence-electron chi connectivity index (χ3n) is 3.12. The predicted molar refractivity (Wildman–Crippen MR) is 76.9 cm³/mol. The monoisotopic (exact) mass is 290 g/mol. The predicted octanol–water partition coefficient (Wildman–Crippen LogP) is 3.33. The minimum atomic E-state index is -0.453. The van der Waals surface area contributed by atoms with Gasteiger partial charge < -0.3 is 14.2 Å². The first kappa shape index (κ1) is 14.8. The highest BCUT2D eigenvalue weighted by atomic mass is 19.1. The highest BCUT2D eigenvalue weighted by Gasteiger charge is 2.19. The van der Waals surface area contributed by atoms with E-state index in [4.69, 9.17) is 14.2 Å². The molecule has 0 saturated heterocycles.